The Bertz CT molecular complexity index is 1030. The van der Waals surface area contributed by atoms with Crippen LogP contribution in [0.4, 0.5) is 0 Å². The Morgan fingerprint density at radius 2 is 1.67 bits per heavy atom. The number of imidazole rings is 1. The maximum atomic E-state index is 12.5. The highest BCUT2D eigenvalue weighted by molar-refractivity contribution is 6.21. The lowest BCUT2D eigenvalue weighted by Gasteiger charge is -2.12. The fraction of sp³-hybridized carbons (Fsp3) is 0.143. The maximum absolute atomic E-state index is 12.5. The van der Waals surface area contributed by atoms with Crippen LogP contribution in [0.25, 0.3) is 0 Å². The van der Waals surface area contributed by atoms with Crippen LogP contribution in [-0.2, 0) is 13.0 Å². The molecule has 6 nitrogen and oxygen atoms in total. The van der Waals surface area contributed by atoms with Gasteiger partial charge in [0.1, 0.15) is 18.4 Å². The van der Waals surface area contributed by atoms with Crippen LogP contribution in [0.5, 0.6) is 0 Å². The number of fused-ring (bicyclic) bond motifs is 1. The number of rotatable bonds is 5. The number of imide groups is 1. The monoisotopic (exact) mass is 357 g/mol. The van der Waals surface area contributed by atoms with Gasteiger partial charge in [-0.05, 0) is 29.8 Å². The molecule has 0 saturated carbocycles. The largest absolute Gasteiger partial charge is 0.274 e. The van der Waals surface area contributed by atoms with E-state index in [9.17, 15) is 9.59 Å². The van der Waals surface area contributed by atoms with E-state index < -0.39 is 0 Å². The van der Waals surface area contributed by atoms with Crippen molar-refractivity contribution >= 4 is 11.8 Å². The van der Waals surface area contributed by atoms with E-state index in [2.05, 4.69) is 11.1 Å². The minimum atomic E-state index is -0.232. The molecule has 27 heavy (non-hydrogen) atoms. The molecule has 0 fully saturated rings. The van der Waals surface area contributed by atoms with Crippen molar-refractivity contribution in [2.45, 2.75) is 13.0 Å². The molecule has 0 atom stereocenters. The Labute approximate surface area is 156 Å². The molecule has 1 N–H and O–H groups in total. The average molecular weight is 357 g/mol. The van der Waals surface area contributed by atoms with E-state index in [1.165, 1.54) is 4.90 Å². The molecular weight excluding hydrogens is 340 g/mol. The molecule has 1 aromatic heterocycles. The Balaban J connectivity index is 1.46. The number of nitriles is 1. The van der Waals surface area contributed by atoms with E-state index in [0.29, 0.717) is 36.2 Å². The van der Waals surface area contributed by atoms with E-state index >= 15 is 0 Å². The first-order valence-electron chi connectivity index (χ1n) is 8.67. The van der Waals surface area contributed by atoms with E-state index in [4.69, 9.17) is 5.26 Å². The standard InChI is InChI=1S/C21H16N4O2/c22-11-15-5-7-16(8-6-15)13-24-14-23-12-17(24)9-10-25-20(26)18-3-1-2-4-19(18)21(25)27/h1-8,12,14H,9-10,13H2/p+1. The maximum Gasteiger partial charge on any atom is 0.261 e. The molecule has 3 aromatic rings. The minimum Gasteiger partial charge on any atom is -0.274 e. The van der Waals surface area contributed by atoms with Crippen LogP contribution in [-0.4, -0.2) is 28.2 Å². The molecule has 4 rings (SSSR count). The summed E-state index contributed by atoms with van der Waals surface area (Å²) in [6.07, 6.45) is 4.29. The molecule has 0 bridgehead atoms. The quantitative estimate of drug-likeness (QED) is 0.561. The Morgan fingerprint density at radius 3 is 2.30 bits per heavy atom. The average Bonchev–Trinajstić information content (AvgIpc) is 3.24. The van der Waals surface area contributed by atoms with Crippen molar-refractivity contribution in [1.82, 2.24) is 9.88 Å². The SMILES string of the molecule is N#Cc1ccc(C[n+]2c[nH]cc2CCN2C(=O)c3ccccc3C2=O)cc1. The third kappa shape index (κ3) is 3.11. The van der Waals surface area contributed by atoms with Crippen molar-refractivity contribution in [2.75, 3.05) is 6.54 Å². The number of hydrogen-bond donors (Lipinski definition) is 1. The lowest BCUT2D eigenvalue weighted by molar-refractivity contribution is -0.694. The van der Waals surface area contributed by atoms with Gasteiger partial charge in [0, 0.05) is 13.0 Å². The number of carbonyl (C=O) groups excluding carboxylic acids is 2. The number of carbonyl (C=O) groups is 2. The molecule has 0 unspecified atom stereocenters. The fourth-order valence-electron chi connectivity index (χ4n) is 3.30. The summed E-state index contributed by atoms with van der Waals surface area (Å²) >= 11 is 0. The number of H-pyrrole nitrogens is 1. The van der Waals surface area contributed by atoms with Crippen LogP contribution < -0.4 is 4.57 Å². The summed E-state index contributed by atoms with van der Waals surface area (Å²) in [4.78, 5) is 29.3. The number of benzene rings is 2. The third-order valence-corrected chi connectivity index (χ3v) is 4.75. The van der Waals surface area contributed by atoms with Crippen LogP contribution >= 0.6 is 0 Å². The minimum absolute atomic E-state index is 0.232. The highest BCUT2D eigenvalue weighted by atomic mass is 16.2. The van der Waals surface area contributed by atoms with Gasteiger partial charge < -0.3 is 0 Å². The van der Waals surface area contributed by atoms with Gasteiger partial charge in [-0.2, -0.15) is 5.26 Å². The van der Waals surface area contributed by atoms with Crippen LogP contribution in [0.3, 0.4) is 0 Å². The van der Waals surface area contributed by atoms with E-state index in [-0.39, 0.29) is 11.8 Å². The number of hydrogen-bond acceptors (Lipinski definition) is 3. The van der Waals surface area contributed by atoms with Crippen molar-refractivity contribution in [1.29, 1.82) is 5.26 Å². The first kappa shape index (κ1) is 16.7. The van der Waals surface area contributed by atoms with E-state index in [1.54, 1.807) is 36.4 Å². The van der Waals surface area contributed by atoms with Crippen LogP contribution in [0.15, 0.2) is 61.1 Å². The zero-order valence-corrected chi connectivity index (χ0v) is 14.6. The molecule has 2 aromatic carbocycles. The number of aromatic amines is 1. The van der Waals surface area contributed by atoms with Gasteiger partial charge in [0.2, 0.25) is 6.33 Å². The fourth-order valence-corrected chi connectivity index (χ4v) is 3.30. The summed E-state index contributed by atoms with van der Waals surface area (Å²) in [6.45, 7) is 0.976. The van der Waals surface area contributed by atoms with Gasteiger partial charge in [0.15, 0.2) is 0 Å². The van der Waals surface area contributed by atoms with Crippen molar-refractivity contribution < 1.29 is 14.2 Å². The van der Waals surface area contributed by atoms with E-state index in [0.717, 1.165) is 11.3 Å². The third-order valence-electron chi connectivity index (χ3n) is 4.75. The van der Waals surface area contributed by atoms with E-state index in [1.807, 2.05) is 29.2 Å². The molecule has 6 heteroatoms. The topological polar surface area (TPSA) is 80.8 Å². The molecular formula is C21H17N4O2+. The van der Waals surface area contributed by atoms with Gasteiger partial charge in [0.05, 0.1) is 22.8 Å². The number of aromatic nitrogens is 2. The second-order valence-electron chi connectivity index (χ2n) is 6.43. The Morgan fingerprint density at radius 1 is 1.00 bits per heavy atom. The molecule has 132 valence electrons. The highest BCUT2D eigenvalue weighted by Crippen LogP contribution is 2.22. The van der Waals surface area contributed by atoms with Crippen LogP contribution in [0, 0.1) is 11.3 Å². The second-order valence-corrected chi connectivity index (χ2v) is 6.43. The first-order chi connectivity index (χ1) is 13.2. The van der Waals surface area contributed by atoms with Crippen LogP contribution in [0.2, 0.25) is 0 Å². The van der Waals surface area contributed by atoms with Gasteiger partial charge >= 0.3 is 0 Å². The molecule has 2 heterocycles. The molecule has 1 aliphatic heterocycles. The highest BCUT2D eigenvalue weighted by Gasteiger charge is 2.35. The smallest absolute Gasteiger partial charge is 0.261 e. The van der Waals surface area contributed by atoms with Gasteiger partial charge in [0.25, 0.3) is 11.8 Å². The lowest BCUT2D eigenvalue weighted by atomic mass is 10.1. The lowest BCUT2D eigenvalue weighted by Crippen LogP contribution is -2.39. The predicted molar refractivity (Wildman–Crippen MR) is 96.8 cm³/mol. The molecule has 2 amide bonds. The number of nitrogens with zero attached hydrogens (tertiary/aromatic N) is 3. The summed E-state index contributed by atoms with van der Waals surface area (Å²) in [5.74, 6) is -0.463. The number of amides is 2. The van der Waals surface area contributed by atoms with Crippen LogP contribution in [0.1, 0.15) is 37.5 Å². The zero-order chi connectivity index (χ0) is 18.8. The summed E-state index contributed by atoms with van der Waals surface area (Å²) in [7, 11) is 0. The summed E-state index contributed by atoms with van der Waals surface area (Å²) in [6, 6.07) is 16.5. The summed E-state index contributed by atoms with van der Waals surface area (Å²) in [5, 5.41) is 8.89. The van der Waals surface area contributed by atoms with Gasteiger partial charge in [-0.25, -0.2) is 9.55 Å². The normalized spacial score (nSPS) is 12.9. The van der Waals surface area contributed by atoms with Crippen molar-refractivity contribution in [3.05, 3.63) is 89.0 Å². The summed E-state index contributed by atoms with van der Waals surface area (Å²) < 4.78 is 2.04. The predicted octanol–water partition coefficient (Wildman–Crippen LogP) is 2.06. The molecule has 0 aliphatic carbocycles. The Hall–Kier alpha value is -3.72. The van der Waals surface area contributed by atoms with Crippen molar-refractivity contribution in [3.8, 4) is 6.07 Å². The van der Waals surface area contributed by atoms with Gasteiger partial charge in [-0.1, -0.05) is 24.3 Å². The first-order valence-corrected chi connectivity index (χ1v) is 8.67. The molecule has 1 aliphatic rings. The molecule has 0 radical (unpaired) electrons. The second kappa shape index (κ2) is 6.89. The zero-order valence-electron chi connectivity index (χ0n) is 14.6. The number of nitrogens with one attached hydrogen (secondary N) is 1. The van der Waals surface area contributed by atoms with Crippen molar-refractivity contribution in [3.63, 3.8) is 0 Å². The van der Waals surface area contributed by atoms with Crippen molar-refractivity contribution in [2.24, 2.45) is 0 Å². The van der Waals surface area contributed by atoms with Gasteiger partial charge in [-0.3, -0.25) is 14.5 Å². The molecule has 0 spiro atoms. The van der Waals surface area contributed by atoms with Gasteiger partial charge in [-0.15, -0.1) is 0 Å². The Kier molecular flexibility index (Phi) is 4.27. The summed E-state index contributed by atoms with van der Waals surface area (Å²) in [5.41, 5.74) is 3.64. The molecule has 0 saturated heterocycles.